The summed E-state index contributed by atoms with van der Waals surface area (Å²) in [5, 5.41) is 11.9. The molecule has 1 saturated carbocycles. The lowest BCUT2D eigenvalue weighted by Crippen LogP contribution is -2.41. The second-order valence-corrected chi connectivity index (χ2v) is 6.91. The summed E-state index contributed by atoms with van der Waals surface area (Å²) in [6.07, 6.45) is 10.2. The number of fused-ring (bicyclic) bond motifs is 2. The number of aliphatic carboxylic acids is 1. The van der Waals surface area contributed by atoms with Gasteiger partial charge in [-0.2, -0.15) is 0 Å². The standard InChI is InChI=1S/C17H25NO4/c19-16(9-13-8-11-4-6-12(13)7-5-11)18-10-14-2-1-3-15(22-14)17(20)21/h4,6,11-15H,1-3,5,7-10H2,(H,18,19)(H,20,21)/t11-,12+,13+,14+,15+/m1/s1. The molecule has 4 rings (SSSR count). The number of allylic oxidation sites excluding steroid dienone is 2. The van der Waals surface area contributed by atoms with Gasteiger partial charge in [0.15, 0.2) is 6.10 Å². The predicted octanol–water partition coefficient (Wildman–Crippen LogP) is 2.12. The molecule has 1 aliphatic heterocycles. The van der Waals surface area contributed by atoms with Crippen molar-refractivity contribution in [1.82, 2.24) is 5.32 Å². The fourth-order valence-corrected chi connectivity index (χ4v) is 4.06. The Morgan fingerprint density at radius 3 is 2.68 bits per heavy atom. The first-order chi connectivity index (χ1) is 10.6. The van der Waals surface area contributed by atoms with Crippen LogP contribution >= 0.6 is 0 Å². The highest BCUT2D eigenvalue weighted by Gasteiger charge is 2.33. The molecule has 1 saturated heterocycles. The van der Waals surface area contributed by atoms with Crippen LogP contribution in [0.4, 0.5) is 0 Å². The van der Waals surface area contributed by atoms with Gasteiger partial charge in [0.1, 0.15) is 0 Å². The smallest absolute Gasteiger partial charge is 0.332 e. The van der Waals surface area contributed by atoms with Crippen molar-refractivity contribution in [3.8, 4) is 0 Å². The largest absolute Gasteiger partial charge is 0.479 e. The zero-order valence-corrected chi connectivity index (χ0v) is 12.9. The lowest BCUT2D eigenvalue weighted by Gasteiger charge is -2.37. The van der Waals surface area contributed by atoms with Gasteiger partial charge in [-0.1, -0.05) is 12.2 Å². The van der Waals surface area contributed by atoms with Crippen LogP contribution in [-0.4, -0.2) is 35.7 Å². The maximum Gasteiger partial charge on any atom is 0.332 e. The Balaban J connectivity index is 1.41. The van der Waals surface area contributed by atoms with Gasteiger partial charge in [0.25, 0.3) is 0 Å². The molecule has 5 atom stereocenters. The molecular weight excluding hydrogens is 282 g/mol. The van der Waals surface area contributed by atoms with Crippen molar-refractivity contribution in [2.75, 3.05) is 6.54 Å². The van der Waals surface area contributed by atoms with Crippen LogP contribution in [0.1, 0.15) is 44.9 Å². The number of nitrogens with one attached hydrogen (secondary N) is 1. The van der Waals surface area contributed by atoms with E-state index in [4.69, 9.17) is 9.84 Å². The molecule has 122 valence electrons. The van der Waals surface area contributed by atoms with E-state index < -0.39 is 12.1 Å². The minimum atomic E-state index is -0.902. The van der Waals surface area contributed by atoms with Crippen LogP contribution in [0.25, 0.3) is 0 Å². The van der Waals surface area contributed by atoms with Crippen LogP contribution < -0.4 is 5.32 Å². The van der Waals surface area contributed by atoms with E-state index in [-0.39, 0.29) is 12.0 Å². The number of carboxylic acids is 1. The van der Waals surface area contributed by atoms with Crippen LogP contribution in [0.5, 0.6) is 0 Å². The molecule has 1 heterocycles. The Bertz CT molecular complexity index is 462. The number of carbonyl (C=O) groups is 2. The third kappa shape index (κ3) is 3.69. The zero-order valence-electron chi connectivity index (χ0n) is 12.9. The van der Waals surface area contributed by atoms with Gasteiger partial charge in [0, 0.05) is 13.0 Å². The van der Waals surface area contributed by atoms with E-state index in [0.29, 0.717) is 37.1 Å². The number of hydrogen-bond acceptors (Lipinski definition) is 3. The minimum absolute atomic E-state index is 0.0759. The summed E-state index contributed by atoms with van der Waals surface area (Å²) >= 11 is 0. The topological polar surface area (TPSA) is 75.6 Å². The van der Waals surface area contributed by atoms with E-state index in [1.807, 2.05) is 0 Å². The molecule has 0 aromatic rings. The van der Waals surface area contributed by atoms with Gasteiger partial charge < -0.3 is 15.2 Å². The number of amides is 1. The van der Waals surface area contributed by atoms with Crippen molar-refractivity contribution >= 4 is 11.9 Å². The van der Waals surface area contributed by atoms with E-state index in [2.05, 4.69) is 17.5 Å². The first-order valence-electron chi connectivity index (χ1n) is 8.45. The first-order valence-corrected chi connectivity index (χ1v) is 8.45. The summed E-state index contributed by atoms with van der Waals surface area (Å²) in [6, 6.07) is 0. The summed E-state index contributed by atoms with van der Waals surface area (Å²) < 4.78 is 5.51. The van der Waals surface area contributed by atoms with Crippen molar-refractivity contribution in [2.45, 2.75) is 57.2 Å². The summed E-state index contributed by atoms with van der Waals surface area (Å²) in [7, 11) is 0. The first kappa shape index (κ1) is 15.5. The number of carboxylic acid groups (broad SMARTS) is 1. The van der Waals surface area contributed by atoms with Crippen LogP contribution in [0, 0.1) is 17.8 Å². The lowest BCUT2D eigenvalue weighted by atomic mass is 9.68. The van der Waals surface area contributed by atoms with Crippen molar-refractivity contribution in [3.05, 3.63) is 12.2 Å². The molecular formula is C17H25NO4. The Kier molecular flexibility index (Phi) is 4.81. The summed E-state index contributed by atoms with van der Waals surface area (Å²) in [4.78, 5) is 23.1. The van der Waals surface area contributed by atoms with Crippen LogP contribution in [0.15, 0.2) is 12.2 Å². The van der Waals surface area contributed by atoms with E-state index >= 15 is 0 Å². The van der Waals surface area contributed by atoms with Gasteiger partial charge in [-0.15, -0.1) is 0 Å². The Labute approximate surface area is 131 Å². The number of ether oxygens (including phenoxy) is 1. The Morgan fingerprint density at radius 2 is 2.05 bits per heavy atom. The monoisotopic (exact) mass is 307 g/mol. The summed E-state index contributed by atoms with van der Waals surface area (Å²) in [5.74, 6) is 0.884. The maximum atomic E-state index is 12.1. The third-order valence-corrected chi connectivity index (χ3v) is 5.31. The van der Waals surface area contributed by atoms with Crippen LogP contribution in [0.2, 0.25) is 0 Å². The van der Waals surface area contributed by atoms with E-state index in [9.17, 15) is 9.59 Å². The van der Waals surface area contributed by atoms with Gasteiger partial charge >= 0.3 is 5.97 Å². The Morgan fingerprint density at radius 1 is 1.18 bits per heavy atom. The fourth-order valence-electron chi connectivity index (χ4n) is 4.06. The molecule has 4 aliphatic rings. The molecule has 0 radical (unpaired) electrons. The van der Waals surface area contributed by atoms with Crippen LogP contribution in [0.3, 0.4) is 0 Å². The normalized spacial score (nSPS) is 37.0. The minimum Gasteiger partial charge on any atom is -0.479 e. The molecule has 2 bridgehead atoms. The summed E-state index contributed by atoms with van der Waals surface area (Å²) in [6.45, 7) is 0.430. The van der Waals surface area contributed by atoms with Gasteiger partial charge in [0.2, 0.25) is 5.91 Å². The van der Waals surface area contributed by atoms with Gasteiger partial charge in [0.05, 0.1) is 6.10 Å². The number of carbonyl (C=O) groups excluding carboxylic acids is 1. The quantitative estimate of drug-likeness (QED) is 0.763. The highest BCUT2D eigenvalue weighted by atomic mass is 16.5. The zero-order chi connectivity index (χ0) is 15.5. The van der Waals surface area contributed by atoms with E-state index in [1.165, 1.54) is 12.8 Å². The predicted molar refractivity (Wildman–Crippen MR) is 81.2 cm³/mol. The molecule has 5 heteroatoms. The number of rotatable bonds is 5. The fraction of sp³-hybridized carbons (Fsp3) is 0.765. The maximum absolute atomic E-state index is 12.1. The molecule has 2 fully saturated rings. The molecule has 22 heavy (non-hydrogen) atoms. The molecule has 1 amide bonds. The van der Waals surface area contributed by atoms with Crippen molar-refractivity contribution in [2.24, 2.45) is 17.8 Å². The SMILES string of the molecule is O=C(C[C@@H]1C[C@@H]2C=C[C@H]1CC2)NC[C@@H]1CCC[C@@H](C(=O)O)O1. The van der Waals surface area contributed by atoms with Crippen molar-refractivity contribution in [1.29, 1.82) is 0 Å². The highest BCUT2D eigenvalue weighted by molar-refractivity contribution is 5.76. The van der Waals surface area contributed by atoms with Gasteiger partial charge in [-0.3, -0.25) is 4.79 Å². The van der Waals surface area contributed by atoms with Gasteiger partial charge in [-0.25, -0.2) is 4.79 Å². The van der Waals surface area contributed by atoms with E-state index in [1.54, 1.807) is 0 Å². The molecule has 5 nitrogen and oxygen atoms in total. The van der Waals surface area contributed by atoms with Crippen LogP contribution in [-0.2, 0) is 14.3 Å². The van der Waals surface area contributed by atoms with Crippen molar-refractivity contribution in [3.63, 3.8) is 0 Å². The lowest BCUT2D eigenvalue weighted by molar-refractivity contribution is -0.158. The Hall–Kier alpha value is -1.36. The molecule has 2 N–H and O–H groups in total. The second kappa shape index (κ2) is 6.82. The molecule has 3 aliphatic carbocycles. The molecule has 0 unspecified atom stereocenters. The summed E-state index contributed by atoms with van der Waals surface area (Å²) in [5.41, 5.74) is 0. The van der Waals surface area contributed by atoms with Gasteiger partial charge in [-0.05, 0) is 56.3 Å². The third-order valence-electron chi connectivity index (χ3n) is 5.31. The number of hydrogen-bond donors (Lipinski definition) is 2. The molecule has 0 aromatic carbocycles. The average molecular weight is 307 g/mol. The molecule has 0 aromatic heterocycles. The molecule has 0 spiro atoms. The highest BCUT2D eigenvalue weighted by Crippen LogP contribution is 2.41. The van der Waals surface area contributed by atoms with Crippen molar-refractivity contribution < 1.29 is 19.4 Å². The average Bonchev–Trinajstić information content (AvgIpc) is 2.54. The second-order valence-electron chi connectivity index (χ2n) is 6.91. The van der Waals surface area contributed by atoms with E-state index in [0.717, 1.165) is 19.3 Å².